The van der Waals surface area contributed by atoms with Crippen molar-refractivity contribution >= 4 is 39.6 Å². The zero-order valence-corrected chi connectivity index (χ0v) is 23.1. The molecule has 1 aromatic carbocycles. The molecule has 0 aliphatic heterocycles. The molecule has 3 heterocycles. The highest BCUT2D eigenvalue weighted by molar-refractivity contribution is 7.16. The summed E-state index contributed by atoms with van der Waals surface area (Å²) in [5.41, 5.74) is 2.23. The van der Waals surface area contributed by atoms with Crippen LogP contribution in [0.25, 0.3) is 21.7 Å². The lowest BCUT2D eigenvalue weighted by molar-refractivity contribution is 0.0697. The first-order valence-electron chi connectivity index (χ1n) is 12.0. The summed E-state index contributed by atoms with van der Waals surface area (Å²) >= 11 is 2.96. The molecule has 3 aromatic heterocycles. The maximum absolute atomic E-state index is 14.4. The monoisotopic (exact) mass is 539 g/mol. The van der Waals surface area contributed by atoms with E-state index in [1.807, 2.05) is 31.4 Å². The van der Waals surface area contributed by atoms with E-state index in [-0.39, 0.29) is 28.5 Å². The van der Waals surface area contributed by atoms with Gasteiger partial charge < -0.3 is 15.2 Å². The number of carboxylic acids is 1. The summed E-state index contributed by atoms with van der Waals surface area (Å²) in [4.78, 5) is 23.2. The summed E-state index contributed by atoms with van der Waals surface area (Å²) in [5, 5.41) is 15.4. The second kappa shape index (κ2) is 11.0. The van der Waals surface area contributed by atoms with Crippen LogP contribution < -0.4 is 10.1 Å². The third-order valence-corrected chi connectivity index (χ3v) is 7.20. The zero-order chi connectivity index (χ0) is 26.7. The second-order valence-corrected chi connectivity index (χ2v) is 12.4. The molecule has 4 aromatic rings. The van der Waals surface area contributed by atoms with Gasteiger partial charge in [0.25, 0.3) is 0 Å². The van der Waals surface area contributed by atoms with E-state index in [9.17, 15) is 14.3 Å². The van der Waals surface area contributed by atoms with Crippen LogP contribution in [0.4, 0.5) is 15.3 Å². The van der Waals surface area contributed by atoms with Crippen LogP contribution in [-0.2, 0) is 6.42 Å². The molecule has 6 nitrogen and oxygen atoms in total. The van der Waals surface area contributed by atoms with Gasteiger partial charge in [0.1, 0.15) is 11.4 Å². The van der Waals surface area contributed by atoms with Crippen molar-refractivity contribution in [1.82, 2.24) is 9.97 Å². The number of pyridine rings is 1. The van der Waals surface area contributed by atoms with Crippen molar-refractivity contribution in [1.29, 1.82) is 0 Å². The number of ether oxygens (including phenoxy) is 1. The van der Waals surface area contributed by atoms with E-state index in [0.29, 0.717) is 17.4 Å². The Morgan fingerprint density at radius 1 is 1.19 bits per heavy atom. The van der Waals surface area contributed by atoms with Gasteiger partial charge in [-0.25, -0.2) is 19.2 Å². The molecule has 9 heteroatoms. The lowest BCUT2D eigenvalue weighted by Crippen LogP contribution is -2.09. The maximum atomic E-state index is 14.4. The Kier molecular flexibility index (Phi) is 7.94. The van der Waals surface area contributed by atoms with Crippen molar-refractivity contribution in [3.8, 4) is 27.4 Å². The number of nitrogens with one attached hydrogen (secondary N) is 1. The van der Waals surface area contributed by atoms with E-state index >= 15 is 0 Å². The highest BCUT2D eigenvalue weighted by Gasteiger charge is 2.22. The molecule has 2 N–H and O–H groups in total. The van der Waals surface area contributed by atoms with Gasteiger partial charge in [-0.3, -0.25) is 0 Å². The number of carboxylic acid groups (broad SMARTS) is 1. The minimum atomic E-state index is -1.08. The summed E-state index contributed by atoms with van der Waals surface area (Å²) in [5.74, 6) is -0.830. The fourth-order valence-corrected chi connectivity index (χ4v) is 5.65. The quantitative estimate of drug-likeness (QED) is 0.223. The molecular weight excluding hydrogens is 509 g/mol. The van der Waals surface area contributed by atoms with Crippen LogP contribution in [-0.4, -0.2) is 27.7 Å². The molecule has 0 spiro atoms. The number of benzene rings is 1. The third-order valence-electron chi connectivity index (χ3n) is 5.31. The number of nitrogens with zero attached hydrogens (tertiary/aromatic N) is 2. The van der Waals surface area contributed by atoms with Gasteiger partial charge in [0, 0.05) is 27.1 Å². The fraction of sp³-hybridized carbons (Fsp3) is 0.321. The average molecular weight is 540 g/mol. The molecule has 37 heavy (non-hydrogen) atoms. The van der Waals surface area contributed by atoms with Gasteiger partial charge in [-0.2, -0.15) is 0 Å². The number of hydrogen-bond donors (Lipinski definition) is 2. The summed E-state index contributed by atoms with van der Waals surface area (Å²) in [6, 6.07) is 10.2. The number of rotatable bonds is 9. The number of thiazole rings is 1. The Morgan fingerprint density at radius 2 is 1.97 bits per heavy atom. The largest absolute Gasteiger partial charge is 0.490 e. The summed E-state index contributed by atoms with van der Waals surface area (Å²) in [7, 11) is 0. The first-order chi connectivity index (χ1) is 17.5. The van der Waals surface area contributed by atoms with Crippen LogP contribution >= 0.6 is 22.7 Å². The number of hydrogen-bond acceptors (Lipinski definition) is 7. The van der Waals surface area contributed by atoms with Crippen molar-refractivity contribution in [2.24, 2.45) is 11.3 Å². The first kappa shape index (κ1) is 26.8. The normalized spacial score (nSPS) is 11.6. The molecule has 0 amide bonds. The molecule has 0 radical (unpaired) electrons. The minimum absolute atomic E-state index is 0.0254. The molecule has 0 bridgehead atoms. The second-order valence-electron chi connectivity index (χ2n) is 10.4. The van der Waals surface area contributed by atoms with Crippen LogP contribution in [0.1, 0.15) is 49.9 Å². The maximum Gasteiger partial charge on any atom is 0.339 e. The third kappa shape index (κ3) is 6.72. The van der Waals surface area contributed by atoms with Crippen molar-refractivity contribution in [3.63, 3.8) is 0 Å². The first-order valence-corrected chi connectivity index (χ1v) is 13.7. The van der Waals surface area contributed by atoms with Gasteiger partial charge in [-0.1, -0.05) is 40.7 Å². The van der Waals surface area contributed by atoms with Gasteiger partial charge in [-0.15, -0.1) is 22.7 Å². The molecule has 0 fully saturated rings. The predicted octanol–water partition coefficient (Wildman–Crippen LogP) is 8.14. The van der Waals surface area contributed by atoms with Crippen molar-refractivity contribution in [3.05, 3.63) is 64.2 Å². The molecule has 0 unspecified atom stereocenters. The molecule has 194 valence electrons. The van der Waals surface area contributed by atoms with E-state index in [2.05, 4.69) is 31.1 Å². The van der Waals surface area contributed by atoms with E-state index in [0.717, 1.165) is 27.3 Å². The SMILES string of the molecule is CC(C)COc1cc(-c2nc(Nc3ncc(-c4cccs4)cc3C(=O)O)sc2CC(C)(C)C)ccc1F. The van der Waals surface area contributed by atoms with E-state index < -0.39 is 11.8 Å². The van der Waals surface area contributed by atoms with Gasteiger partial charge in [-0.05, 0) is 53.5 Å². The number of aromatic carboxylic acids is 1. The standard InChI is InChI=1S/C28H30FN3O3S2/c1-16(2)15-35-21-12-17(8-9-20(21)29)24-23(13-28(3,4)5)37-27(31-24)32-25-19(26(33)34)11-18(14-30-25)22-7-6-10-36-22/h6-12,14,16H,13,15H2,1-5H3,(H,33,34)(H,30,31,32). The van der Waals surface area contributed by atoms with Crippen LogP contribution in [0, 0.1) is 17.2 Å². The summed E-state index contributed by atoms with van der Waals surface area (Å²) in [6.07, 6.45) is 2.39. The number of thiophene rings is 1. The number of aromatic nitrogens is 2. The number of halogens is 1. The van der Waals surface area contributed by atoms with Gasteiger partial charge in [0.15, 0.2) is 16.7 Å². The smallest absolute Gasteiger partial charge is 0.339 e. The molecule has 0 aliphatic carbocycles. The lowest BCUT2D eigenvalue weighted by Gasteiger charge is -2.17. The Bertz CT molecular complexity index is 1390. The molecular formula is C28H30FN3O3S2. The van der Waals surface area contributed by atoms with Crippen molar-refractivity contribution in [2.45, 2.75) is 41.0 Å². The Morgan fingerprint density at radius 3 is 2.62 bits per heavy atom. The molecule has 4 rings (SSSR count). The van der Waals surface area contributed by atoms with Gasteiger partial charge >= 0.3 is 5.97 Å². The molecule has 0 aliphatic rings. The number of carbonyl (C=O) groups is 1. The predicted molar refractivity (Wildman–Crippen MR) is 149 cm³/mol. The van der Waals surface area contributed by atoms with Crippen LogP contribution in [0.3, 0.4) is 0 Å². The molecule has 0 saturated carbocycles. The Balaban J connectivity index is 1.71. The average Bonchev–Trinajstić information content (AvgIpc) is 3.48. The molecule has 0 atom stereocenters. The van der Waals surface area contributed by atoms with Crippen LogP contribution in [0.15, 0.2) is 48.0 Å². The van der Waals surface area contributed by atoms with E-state index in [1.54, 1.807) is 24.4 Å². The summed E-state index contributed by atoms with van der Waals surface area (Å²) in [6.45, 7) is 10.8. The zero-order valence-electron chi connectivity index (χ0n) is 21.5. The van der Waals surface area contributed by atoms with E-state index in [4.69, 9.17) is 9.72 Å². The highest BCUT2D eigenvalue weighted by Crippen LogP contribution is 2.38. The van der Waals surface area contributed by atoms with Crippen molar-refractivity contribution in [2.75, 3.05) is 11.9 Å². The van der Waals surface area contributed by atoms with Crippen LogP contribution in [0.2, 0.25) is 0 Å². The van der Waals surface area contributed by atoms with Gasteiger partial charge in [0.2, 0.25) is 0 Å². The lowest BCUT2D eigenvalue weighted by atomic mass is 9.90. The topological polar surface area (TPSA) is 84.3 Å². The van der Waals surface area contributed by atoms with E-state index in [1.165, 1.54) is 28.7 Å². The van der Waals surface area contributed by atoms with Crippen LogP contribution in [0.5, 0.6) is 5.75 Å². The highest BCUT2D eigenvalue weighted by atomic mass is 32.1. The Hall–Kier alpha value is -3.30. The molecule has 0 saturated heterocycles. The fourth-order valence-electron chi connectivity index (χ4n) is 3.66. The number of anilines is 2. The van der Waals surface area contributed by atoms with Crippen molar-refractivity contribution < 1.29 is 19.0 Å². The Labute approximate surface area is 224 Å². The summed E-state index contributed by atoms with van der Waals surface area (Å²) < 4.78 is 20.1. The minimum Gasteiger partial charge on any atom is -0.490 e. The van der Waals surface area contributed by atoms with Gasteiger partial charge in [0.05, 0.1) is 12.3 Å².